The van der Waals surface area contributed by atoms with Crippen LogP contribution >= 0.6 is 0 Å². The van der Waals surface area contributed by atoms with Crippen molar-refractivity contribution in [1.29, 1.82) is 0 Å². The SMILES string of the molecule is FC(F)(F)c1ccccc1N1CN1. The molecule has 1 heterocycles. The van der Waals surface area contributed by atoms with E-state index in [0.717, 1.165) is 6.07 Å². The van der Waals surface area contributed by atoms with Crippen molar-refractivity contribution in [2.75, 3.05) is 11.7 Å². The molecule has 1 aliphatic heterocycles. The highest BCUT2D eigenvalue weighted by atomic mass is 19.4. The highest BCUT2D eigenvalue weighted by molar-refractivity contribution is 5.56. The van der Waals surface area contributed by atoms with Gasteiger partial charge in [-0.1, -0.05) is 12.1 Å². The quantitative estimate of drug-likeness (QED) is 0.681. The third kappa shape index (κ3) is 1.60. The van der Waals surface area contributed by atoms with Gasteiger partial charge in [-0.25, -0.2) is 5.43 Å². The number of benzene rings is 1. The summed E-state index contributed by atoms with van der Waals surface area (Å²) in [5.74, 6) is 0. The van der Waals surface area contributed by atoms with E-state index in [1.54, 1.807) is 6.07 Å². The fourth-order valence-corrected chi connectivity index (χ4v) is 1.15. The van der Waals surface area contributed by atoms with Crippen molar-refractivity contribution in [3.05, 3.63) is 29.8 Å². The van der Waals surface area contributed by atoms with Gasteiger partial charge in [0.2, 0.25) is 0 Å². The maximum absolute atomic E-state index is 12.4. The van der Waals surface area contributed by atoms with Crippen LogP contribution in [0.15, 0.2) is 24.3 Å². The van der Waals surface area contributed by atoms with Gasteiger partial charge in [-0.15, -0.1) is 0 Å². The first-order valence-electron chi connectivity index (χ1n) is 3.76. The zero-order chi connectivity index (χ0) is 9.47. The van der Waals surface area contributed by atoms with E-state index in [1.807, 2.05) is 0 Å². The summed E-state index contributed by atoms with van der Waals surface area (Å²) in [4.78, 5) is 0. The molecule has 2 nitrogen and oxygen atoms in total. The van der Waals surface area contributed by atoms with Gasteiger partial charge in [-0.05, 0) is 12.1 Å². The van der Waals surface area contributed by atoms with E-state index in [1.165, 1.54) is 17.1 Å². The van der Waals surface area contributed by atoms with Crippen molar-refractivity contribution in [2.24, 2.45) is 0 Å². The summed E-state index contributed by atoms with van der Waals surface area (Å²) in [7, 11) is 0. The molecule has 0 saturated carbocycles. The number of hydrogen-bond acceptors (Lipinski definition) is 2. The number of halogens is 3. The second-order valence-corrected chi connectivity index (χ2v) is 2.76. The second kappa shape index (κ2) is 2.63. The molecular weight excluding hydrogens is 181 g/mol. The smallest absolute Gasteiger partial charge is 0.290 e. The molecule has 1 fully saturated rings. The average molecular weight is 188 g/mol. The van der Waals surface area contributed by atoms with Crippen molar-refractivity contribution in [1.82, 2.24) is 5.43 Å². The highest BCUT2D eigenvalue weighted by Crippen LogP contribution is 2.36. The van der Waals surface area contributed by atoms with Crippen molar-refractivity contribution < 1.29 is 13.2 Å². The van der Waals surface area contributed by atoms with Crippen LogP contribution in [0, 0.1) is 0 Å². The topological polar surface area (TPSA) is 25.0 Å². The van der Waals surface area contributed by atoms with E-state index in [4.69, 9.17) is 0 Å². The van der Waals surface area contributed by atoms with E-state index in [0.29, 0.717) is 6.67 Å². The fraction of sp³-hybridized carbons (Fsp3) is 0.250. The molecule has 13 heavy (non-hydrogen) atoms. The molecule has 0 aliphatic carbocycles. The van der Waals surface area contributed by atoms with Gasteiger partial charge in [0.05, 0.1) is 11.3 Å². The lowest BCUT2D eigenvalue weighted by atomic mass is 10.2. The Morgan fingerprint density at radius 2 is 1.85 bits per heavy atom. The Kier molecular flexibility index (Phi) is 1.69. The lowest BCUT2D eigenvalue weighted by Crippen LogP contribution is -2.10. The number of hydrogen-bond donors (Lipinski definition) is 1. The molecule has 1 aliphatic rings. The predicted molar refractivity (Wildman–Crippen MR) is 41.9 cm³/mol. The van der Waals surface area contributed by atoms with E-state index >= 15 is 0 Å². The van der Waals surface area contributed by atoms with Crippen molar-refractivity contribution in [2.45, 2.75) is 6.18 Å². The first-order valence-corrected chi connectivity index (χ1v) is 3.76. The predicted octanol–water partition coefficient (Wildman–Crippen LogP) is 1.99. The second-order valence-electron chi connectivity index (χ2n) is 2.76. The van der Waals surface area contributed by atoms with Gasteiger partial charge in [0.1, 0.15) is 6.67 Å². The van der Waals surface area contributed by atoms with E-state index in [2.05, 4.69) is 5.43 Å². The molecule has 70 valence electrons. The van der Waals surface area contributed by atoms with Gasteiger partial charge in [-0.3, -0.25) is 5.01 Å². The minimum Gasteiger partial charge on any atom is -0.290 e. The van der Waals surface area contributed by atoms with Crippen LogP contribution in [0.25, 0.3) is 0 Å². The van der Waals surface area contributed by atoms with Crippen LogP contribution in [0.1, 0.15) is 5.56 Å². The minimum absolute atomic E-state index is 0.190. The molecule has 2 rings (SSSR count). The Morgan fingerprint density at radius 1 is 1.23 bits per heavy atom. The largest absolute Gasteiger partial charge is 0.418 e. The zero-order valence-corrected chi connectivity index (χ0v) is 6.60. The lowest BCUT2D eigenvalue weighted by Gasteiger charge is -2.11. The van der Waals surface area contributed by atoms with Crippen molar-refractivity contribution >= 4 is 5.69 Å². The number of nitrogens with zero attached hydrogens (tertiary/aromatic N) is 1. The molecule has 0 amide bonds. The molecule has 0 unspecified atom stereocenters. The summed E-state index contributed by atoms with van der Waals surface area (Å²) in [6, 6.07) is 5.50. The molecule has 0 spiro atoms. The van der Waals surface area contributed by atoms with Gasteiger partial charge in [0.25, 0.3) is 0 Å². The maximum atomic E-state index is 12.4. The third-order valence-electron chi connectivity index (χ3n) is 1.82. The molecule has 0 bridgehead atoms. The summed E-state index contributed by atoms with van der Waals surface area (Å²) in [5.41, 5.74) is 2.29. The van der Waals surface area contributed by atoms with Crippen LogP contribution in [0.4, 0.5) is 18.9 Å². The van der Waals surface area contributed by atoms with Crippen LogP contribution in [-0.4, -0.2) is 6.67 Å². The molecule has 1 saturated heterocycles. The molecule has 1 aromatic carbocycles. The summed E-state index contributed by atoms with van der Waals surface area (Å²) in [6.07, 6.45) is -4.28. The van der Waals surface area contributed by atoms with Gasteiger partial charge < -0.3 is 0 Å². The Balaban J connectivity index is 2.43. The van der Waals surface area contributed by atoms with Gasteiger partial charge in [0, 0.05) is 0 Å². The summed E-state index contributed by atoms with van der Waals surface area (Å²) >= 11 is 0. The zero-order valence-electron chi connectivity index (χ0n) is 6.60. The average Bonchev–Trinajstić information content (AvgIpc) is 2.85. The van der Waals surface area contributed by atoms with Crippen molar-refractivity contribution in [3.63, 3.8) is 0 Å². The van der Waals surface area contributed by atoms with Crippen LogP contribution in [0.5, 0.6) is 0 Å². The molecule has 1 N–H and O–H groups in total. The standard InChI is InChI=1S/C8H7F3N2/c9-8(10,11)6-3-1-2-4-7(6)13-5-12-13/h1-4,12H,5H2. The monoisotopic (exact) mass is 188 g/mol. The maximum Gasteiger partial charge on any atom is 0.418 e. The molecule has 0 radical (unpaired) electrons. The van der Waals surface area contributed by atoms with E-state index in [-0.39, 0.29) is 5.69 Å². The number of para-hydroxylation sites is 1. The number of rotatable bonds is 1. The van der Waals surface area contributed by atoms with Gasteiger partial charge >= 0.3 is 6.18 Å². The van der Waals surface area contributed by atoms with Crippen LogP contribution in [-0.2, 0) is 6.18 Å². The molecular formula is C8H7F3N2. The normalized spacial score (nSPS) is 16.1. The molecule has 0 aromatic heterocycles. The number of hydrazine groups is 1. The van der Waals surface area contributed by atoms with Crippen LogP contribution < -0.4 is 10.4 Å². The lowest BCUT2D eigenvalue weighted by molar-refractivity contribution is -0.137. The Labute approximate surface area is 72.9 Å². The number of alkyl halides is 3. The first-order chi connectivity index (χ1) is 6.09. The molecule has 1 aromatic rings. The van der Waals surface area contributed by atoms with Gasteiger partial charge in [0.15, 0.2) is 0 Å². The van der Waals surface area contributed by atoms with Crippen molar-refractivity contribution in [3.8, 4) is 0 Å². The summed E-state index contributed by atoms with van der Waals surface area (Å²) in [6.45, 7) is 0.479. The van der Waals surface area contributed by atoms with Gasteiger partial charge in [-0.2, -0.15) is 13.2 Å². The molecule has 5 heteroatoms. The third-order valence-corrected chi connectivity index (χ3v) is 1.82. The Hall–Kier alpha value is -1.23. The van der Waals surface area contributed by atoms with E-state index in [9.17, 15) is 13.2 Å². The van der Waals surface area contributed by atoms with Crippen LogP contribution in [0.3, 0.4) is 0 Å². The number of nitrogens with one attached hydrogen (secondary N) is 1. The first kappa shape index (κ1) is 8.37. The fourth-order valence-electron chi connectivity index (χ4n) is 1.15. The number of anilines is 1. The summed E-state index contributed by atoms with van der Waals surface area (Å²) < 4.78 is 37.1. The highest BCUT2D eigenvalue weighted by Gasteiger charge is 2.36. The summed E-state index contributed by atoms with van der Waals surface area (Å²) in [5, 5.41) is 1.45. The van der Waals surface area contributed by atoms with E-state index < -0.39 is 11.7 Å². The minimum atomic E-state index is -4.28. The Morgan fingerprint density at radius 3 is 2.38 bits per heavy atom. The van der Waals surface area contributed by atoms with Crippen LogP contribution in [0.2, 0.25) is 0 Å². The molecule has 0 atom stereocenters. The Bertz CT molecular complexity index is 317.